The van der Waals surface area contributed by atoms with Gasteiger partial charge in [0.1, 0.15) is 13.2 Å². The van der Waals surface area contributed by atoms with Gasteiger partial charge in [-0.25, -0.2) is 0 Å². The van der Waals surface area contributed by atoms with Crippen molar-refractivity contribution in [3.8, 4) is 0 Å². The first kappa shape index (κ1) is 11.6. The minimum atomic E-state index is -0.442. The normalized spacial score (nSPS) is 11.5. The van der Waals surface area contributed by atoms with Gasteiger partial charge in [0.25, 0.3) is 0 Å². The van der Waals surface area contributed by atoms with Crippen LogP contribution in [-0.4, -0.2) is 13.2 Å². The van der Waals surface area contributed by atoms with Crippen LogP contribution in [0.2, 0.25) is 0 Å². The second-order valence-electron chi connectivity index (χ2n) is 3.40. The lowest BCUT2D eigenvalue weighted by molar-refractivity contribution is -1.07. The van der Waals surface area contributed by atoms with E-state index in [0.29, 0.717) is 11.8 Å². The lowest BCUT2D eigenvalue weighted by atomic mass is 10.2. The Kier molecular flexibility index (Phi) is 7.74. The molecular weight excluding hydrogens is 255 g/mol. The van der Waals surface area contributed by atoms with Crippen LogP contribution in [0, 0.1) is 11.8 Å². The van der Waals surface area contributed by atoms with Crippen LogP contribution in [-0.2, 0) is 6.13 Å². The van der Waals surface area contributed by atoms with Crippen molar-refractivity contribution in [1.82, 2.24) is 0 Å². The van der Waals surface area contributed by atoms with Crippen molar-refractivity contribution in [2.45, 2.75) is 27.7 Å². The molecule has 0 aliphatic carbocycles. The van der Waals surface area contributed by atoms with Crippen LogP contribution in [0.3, 0.4) is 0 Å². The molecule has 0 atom stereocenters. The Morgan fingerprint density at radius 3 is 1.55 bits per heavy atom. The van der Waals surface area contributed by atoms with Gasteiger partial charge in [-0.1, -0.05) is 27.7 Å². The Balaban J connectivity index is 2.91. The lowest BCUT2D eigenvalue weighted by Crippen LogP contribution is -3.62. The highest BCUT2D eigenvalue weighted by Crippen LogP contribution is 1.87. The smallest absolute Gasteiger partial charge is 0.117 e. The number of hydrogen-bond acceptors (Lipinski definition) is 2. The van der Waals surface area contributed by atoms with Crippen LogP contribution in [0.5, 0.6) is 0 Å². The highest BCUT2D eigenvalue weighted by atomic mass is 127. The van der Waals surface area contributed by atoms with Crippen LogP contribution < -0.4 is 22.0 Å². The quantitative estimate of drug-likeness (QED) is 0.468. The number of halogens is 1. The molecule has 0 aromatic heterocycles. The fourth-order valence-electron chi connectivity index (χ4n) is 0.335. The summed E-state index contributed by atoms with van der Waals surface area (Å²) < 4.78 is 10.7. The molecule has 0 bridgehead atoms. The fraction of sp³-hybridized carbons (Fsp3) is 1.00. The van der Waals surface area contributed by atoms with Gasteiger partial charge in [0, 0.05) is 0 Å². The molecule has 0 heterocycles. The predicted molar refractivity (Wildman–Crippen MR) is 41.6 cm³/mol. The molecule has 0 aliphatic rings. The van der Waals surface area contributed by atoms with Gasteiger partial charge >= 0.3 is 22.0 Å². The molecule has 0 fully saturated rings. The Labute approximate surface area is 81.0 Å². The zero-order valence-corrected chi connectivity index (χ0v) is 9.92. The molecule has 0 aliphatic heterocycles. The summed E-state index contributed by atoms with van der Waals surface area (Å²) in [6.45, 7) is 10.3. The van der Waals surface area contributed by atoms with Gasteiger partial charge in [-0.05, 0) is 11.8 Å². The van der Waals surface area contributed by atoms with E-state index in [1.165, 1.54) is 0 Å². The molecule has 0 aromatic carbocycles. The van der Waals surface area contributed by atoms with Crippen molar-refractivity contribution < 1.29 is 28.2 Å². The minimum Gasteiger partial charge on any atom is -0.117 e. The molecule has 0 unspecified atom stereocenters. The van der Waals surface area contributed by atoms with E-state index in [4.69, 9.17) is 6.13 Å². The van der Waals surface area contributed by atoms with Gasteiger partial charge in [-0.3, -0.25) is 0 Å². The molecule has 0 radical (unpaired) electrons. The van der Waals surface area contributed by atoms with Crippen LogP contribution in [0.4, 0.5) is 0 Å². The van der Waals surface area contributed by atoms with Crippen LogP contribution in [0.1, 0.15) is 27.7 Å². The highest BCUT2D eigenvalue weighted by Gasteiger charge is 2.13. The molecule has 0 saturated carbocycles. The Bertz CT molecular complexity index is 74.2. The van der Waals surface area contributed by atoms with Gasteiger partial charge in [-0.2, -0.15) is 0 Å². The highest BCUT2D eigenvalue weighted by molar-refractivity contribution is 4.34. The molecule has 0 amide bonds. The van der Waals surface area contributed by atoms with Gasteiger partial charge in [0.15, 0.2) is 0 Å². The second kappa shape index (κ2) is 7.31. The molecule has 0 N–H and O–H groups in total. The van der Waals surface area contributed by atoms with E-state index in [2.05, 4.69) is 27.7 Å². The first-order valence-electron chi connectivity index (χ1n) is 4.01. The zero-order valence-electron chi connectivity index (χ0n) is 7.76. The van der Waals surface area contributed by atoms with Crippen molar-refractivity contribution in [3.05, 3.63) is 0 Å². The summed E-state index contributed by atoms with van der Waals surface area (Å²) in [5, 5.41) is 0. The van der Waals surface area contributed by atoms with Gasteiger partial charge in [0.2, 0.25) is 0 Å². The molecule has 0 saturated heterocycles. The molecule has 68 valence electrons. The van der Waals surface area contributed by atoms with Crippen LogP contribution in [0.25, 0.3) is 0 Å². The monoisotopic (exact) mass is 273 g/mol. The third-order valence-corrected chi connectivity index (χ3v) is 2.11. The number of rotatable bonds is 6. The summed E-state index contributed by atoms with van der Waals surface area (Å²) in [4.78, 5) is 0. The van der Waals surface area contributed by atoms with E-state index in [1.807, 2.05) is 0 Å². The van der Waals surface area contributed by atoms with E-state index >= 15 is 0 Å². The van der Waals surface area contributed by atoms with Crippen molar-refractivity contribution >= 4 is 0 Å². The topological polar surface area (TPSA) is 18.5 Å². The molecule has 11 heavy (non-hydrogen) atoms. The van der Waals surface area contributed by atoms with Crippen molar-refractivity contribution in [1.29, 1.82) is 0 Å². The Morgan fingerprint density at radius 2 is 1.27 bits per heavy atom. The number of hydrogen-bond donors (Lipinski definition) is 0. The fourth-order valence-corrected chi connectivity index (χ4v) is 2.25. The molecule has 0 rings (SSSR count). The average molecular weight is 273 g/mol. The molecule has 0 spiro atoms. The van der Waals surface area contributed by atoms with Crippen LogP contribution in [0.15, 0.2) is 0 Å². The zero-order chi connectivity index (χ0) is 8.69. The van der Waals surface area contributed by atoms with E-state index in [9.17, 15) is 0 Å². The lowest BCUT2D eigenvalue weighted by Gasteiger charge is -1.95. The van der Waals surface area contributed by atoms with Gasteiger partial charge in [-0.15, -0.1) is 6.13 Å². The summed E-state index contributed by atoms with van der Waals surface area (Å²) >= 11 is -0.442. The Hall–Kier alpha value is 0.650. The van der Waals surface area contributed by atoms with Crippen molar-refractivity contribution in [2.24, 2.45) is 11.8 Å². The minimum absolute atomic E-state index is 0.442. The van der Waals surface area contributed by atoms with E-state index < -0.39 is 22.0 Å². The first-order chi connectivity index (χ1) is 5.13. The first-order valence-corrected chi connectivity index (χ1v) is 5.77. The standard InChI is InChI=1S/C8H18IO2/c1-7(2)5-10-9-11-6-8(3)4/h7-8H,5-6H2,1-4H3/q+1. The third-order valence-electron chi connectivity index (χ3n) is 0.882. The summed E-state index contributed by atoms with van der Waals surface area (Å²) in [6, 6.07) is 0. The Morgan fingerprint density at radius 1 is 0.909 bits per heavy atom. The van der Waals surface area contributed by atoms with E-state index in [-0.39, 0.29) is 0 Å². The summed E-state index contributed by atoms with van der Waals surface area (Å²) in [5.41, 5.74) is 0. The van der Waals surface area contributed by atoms with E-state index in [1.54, 1.807) is 0 Å². The molecule has 3 heteroatoms. The maximum atomic E-state index is 5.33. The SMILES string of the molecule is CC(C)CO[I+]OCC(C)C. The van der Waals surface area contributed by atoms with Gasteiger partial charge < -0.3 is 0 Å². The summed E-state index contributed by atoms with van der Waals surface area (Å²) in [7, 11) is 0. The second-order valence-corrected chi connectivity index (χ2v) is 5.01. The molecular formula is C8H18IO2+. The molecule has 2 nitrogen and oxygen atoms in total. The largest absolute Gasteiger partial charge is 0.704 e. The van der Waals surface area contributed by atoms with Crippen molar-refractivity contribution in [3.63, 3.8) is 0 Å². The average Bonchev–Trinajstić information content (AvgIpc) is 1.85. The van der Waals surface area contributed by atoms with Crippen LogP contribution >= 0.6 is 0 Å². The van der Waals surface area contributed by atoms with Gasteiger partial charge in [0.05, 0.1) is 0 Å². The summed E-state index contributed by atoms with van der Waals surface area (Å²) in [5.74, 6) is 1.25. The maximum Gasteiger partial charge on any atom is 0.704 e. The van der Waals surface area contributed by atoms with Crippen molar-refractivity contribution in [2.75, 3.05) is 13.2 Å². The maximum absolute atomic E-state index is 5.33. The predicted octanol–water partition coefficient (Wildman–Crippen LogP) is -0.749. The summed E-state index contributed by atoms with van der Waals surface area (Å²) in [6.07, 6.45) is 0. The van der Waals surface area contributed by atoms with E-state index in [0.717, 1.165) is 13.2 Å². The molecule has 0 aromatic rings. The third kappa shape index (κ3) is 10.7.